The van der Waals surface area contributed by atoms with Crippen LogP contribution in [0.3, 0.4) is 0 Å². The van der Waals surface area contributed by atoms with E-state index in [1.807, 2.05) is 0 Å². The first kappa shape index (κ1) is 24.9. The van der Waals surface area contributed by atoms with Crippen molar-refractivity contribution in [3.8, 4) is 0 Å². The molecule has 5 N–H and O–H groups in total. The standard InChI is InChI=1S/C21H26O10/c1-11(22)16(26)17-18(27,10-15-8-6-5-7-9-15)19(28,12(2)23)20(29,13(3)24)21(30,31-17)14(4)25/h5-9,16-17,26-30H,10H2,1-4H3/t16?,17-,18-,19+,20+,21+/m1/s1. The molecule has 1 heterocycles. The van der Waals surface area contributed by atoms with Gasteiger partial charge in [0, 0.05) is 13.3 Å². The lowest BCUT2D eigenvalue weighted by molar-refractivity contribution is -0.403. The monoisotopic (exact) mass is 438 g/mol. The van der Waals surface area contributed by atoms with Gasteiger partial charge in [-0.05, 0) is 26.3 Å². The Bertz CT molecular complexity index is 914. The van der Waals surface area contributed by atoms with Gasteiger partial charge < -0.3 is 30.3 Å². The molecule has 10 heteroatoms. The fourth-order valence-electron chi connectivity index (χ4n) is 4.20. The van der Waals surface area contributed by atoms with Gasteiger partial charge in [-0.1, -0.05) is 30.3 Å². The van der Waals surface area contributed by atoms with Gasteiger partial charge >= 0.3 is 0 Å². The number of hydrogen-bond acceptors (Lipinski definition) is 10. The first-order chi connectivity index (χ1) is 14.1. The van der Waals surface area contributed by atoms with Crippen LogP contribution in [0.15, 0.2) is 30.3 Å². The van der Waals surface area contributed by atoms with Crippen LogP contribution in [0.1, 0.15) is 33.3 Å². The SMILES string of the molecule is CC(=O)C(O)[C@H]1O[C@@](O)(C(C)=O)[C@](O)(C(C)=O)[C@](O)(C(C)=O)[C@@]1(O)Cc1ccccc1. The van der Waals surface area contributed by atoms with Gasteiger partial charge in [-0.2, -0.15) is 0 Å². The second-order valence-corrected chi connectivity index (χ2v) is 7.91. The highest BCUT2D eigenvalue weighted by molar-refractivity contribution is 6.05. The van der Waals surface area contributed by atoms with Gasteiger partial charge in [0.25, 0.3) is 5.79 Å². The highest BCUT2D eigenvalue weighted by Crippen LogP contribution is 2.52. The van der Waals surface area contributed by atoms with Crippen molar-refractivity contribution >= 4 is 23.1 Å². The Balaban J connectivity index is 2.96. The number of ether oxygens (including phenoxy) is 1. The summed E-state index contributed by atoms with van der Waals surface area (Å²) >= 11 is 0. The van der Waals surface area contributed by atoms with Gasteiger partial charge in [-0.25, -0.2) is 0 Å². The zero-order valence-corrected chi connectivity index (χ0v) is 17.5. The Labute approximate surface area is 178 Å². The van der Waals surface area contributed by atoms with E-state index in [9.17, 15) is 44.7 Å². The molecule has 1 aliphatic heterocycles. The van der Waals surface area contributed by atoms with E-state index in [2.05, 4.69) is 0 Å². The second-order valence-electron chi connectivity index (χ2n) is 7.91. The minimum absolute atomic E-state index is 0.258. The van der Waals surface area contributed by atoms with E-state index in [-0.39, 0.29) is 5.56 Å². The average Bonchev–Trinajstić information content (AvgIpc) is 2.68. The molecule has 31 heavy (non-hydrogen) atoms. The highest BCUT2D eigenvalue weighted by Gasteiger charge is 2.83. The smallest absolute Gasteiger partial charge is 0.267 e. The van der Waals surface area contributed by atoms with Crippen molar-refractivity contribution in [1.29, 1.82) is 0 Å². The molecule has 1 aromatic carbocycles. The van der Waals surface area contributed by atoms with Gasteiger partial charge in [-0.3, -0.25) is 19.2 Å². The molecular weight excluding hydrogens is 412 g/mol. The molecule has 170 valence electrons. The summed E-state index contributed by atoms with van der Waals surface area (Å²) in [5, 5.41) is 55.8. The maximum Gasteiger partial charge on any atom is 0.267 e. The van der Waals surface area contributed by atoms with Crippen molar-refractivity contribution < 1.29 is 49.4 Å². The quantitative estimate of drug-likeness (QED) is 0.327. The lowest BCUT2D eigenvalue weighted by Gasteiger charge is -2.61. The van der Waals surface area contributed by atoms with Crippen LogP contribution < -0.4 is 0 Å². The summed E-state index contributed by atoms with van der Waals surface area (Å²) < 4.78 is 5.17. The van der Waals surface area contributed by atoms with Crippen LogP contribution in [-0.4, -0.2) is 83.5 Å². The van der Waals surface area contributed by atoms with Gasteiger partial charge in [0.1, 0.15) is 17.8 Å². The molecule has 1 unspecified atom stereocenters. The van der Waals surface area contributed by atoms with E-state index in [0.29, 0.717) is 20.8 Å². The summed E-state index contributed by atoms with van der Waals surface area (Å²) in [7, 11) is 0. The Morgan fingerprint density at radius 2 is 1.35 bits per heavy atom. The predicted octanol–water partition coefficient (Wildman–Crippen LogP) is -1.77. The third kappa shape index (κ3) is 3.27. The Morgan fingerprint density at radius 3 is 1.74 bits per heavy atom. The molecule has 1 aliphatic rings. The largest absolute Gasteiger partial charge is 0.383 e. The van der Waals surface area contributed by atoms with Crippen LogP contribution in [0.5, 0.6) is 0 Å². The van der Waals surface area contributed by atoms with Gasteiger partial charge in [-0.15, -0.1) is 0 Å². The van der Waals surface area contributed by atoms with Gasteiger partial charge in [0.2, 0.25) is 5.60 Å². The topological polar surface area (TPSA) is 179 Å². The molecule has 10 nitrogen and oxygen atoms in total. The van der Waals surface area contributed by atoms with Crippen LogP contribution >= 0.6 is 0 Å². The van der Waals surface area contributed by atoms with Crippen molar-refractivity contribution in [2.45, 2.75) is 68.9 Å². The zero-order valence-electron chi connectivity index (χ0n) is 17.5. The van der Waals surface area contributed by atoms with Crippen LogP contribution in [0.25, 0.3) is 0 Å². The summed E-state index contributed by atoms with van der Waals surface area (Å²) in [4.78, 5) is 49.5. The number of rotatable bonds is 7. The van der Waals surface area contributed by atoms with Gasteiger partial charge in [0.05, 0.1) is 0 Å². The van der Waals surface area contributed by atoms with Crippen LogP contribution in [0.2, 0.25) is 0 Å². The minimum atomic E-state index is -3.67. The van der Waals surface area contributed by atoms with Gasteiger partial charge in [0.15, 0.2) is 28.7 Å². The maximum absolute atomic E-state index is 12.7. The average molecular weight is 438 g/mol. The van der Waals surface area contributed by atoms with Crippen molar-refractivity contribution in [3.63, 3.8) is 0 Å². The molecule has 0 spiro atoms. The van der Waals surface area contributed by atoms with Crippen LogP contribution in [0, 0.1) is 0 Å². The van der Waals surface area contributed by atoms with Crippen molar-refractivity contribution in [2.75, 3.05) is 0 Å². The normalized spacial score (nSPS) is 36.5. The summed E-state index contributed by atoms with van der Waals surface area (Å²) in [5.74, 6) is -8.85. The summed E-state index contributed by atoms with van der Waals surface area (Å²) in [6.45, 7) is 3.00. The Hall–Kier alpha value is -2.34. The lowest BCUT2D eigenvalue weighted by Crippen LogP contribution is -2.90. The third-order valence-electron chi connectivity index (χ3n) is 5.92. The molecular formula is C21H26O10. The number of ketones is 4. The molecule has 1 aromatic rings. The highest BCUT2D eigenvalue weighted by atomic mass is 16.7. The molecule has 0 saturated carbocycles. The van der Waals surface area contributed by atoms with E-state index in [1.54, 1.807) is 18.2 Å². The molecule has 6 atom stereocenters. The number of hydrogen-bond donors (Lipinski definition) is 5. The molecule has 0 bridgehead atoms. The maximum atomic E-state index is 12.7. The van der Waals surface area contributed by atoms with E-state index >= 15 is 0 Å². The van der Waals surface area contributed by atoms with E-state index in [1.165, 1.54) is 12.1 Å². The summed E-state index contributed by atoms with van der Waals surface area (Å²) in [6.07, 6.45) is -5.24. The molecule has 0 amide bonds. The fraction of sp³-hybridized carbons (Fsp3) is 0.524. The van der Waals surface area contributed by atoms with Crippen molar-refractivity contribution in [2.24, 2.45) is 0 Å². The van der Waals surface area contributed by atoms with Crippen molar-refractivity contribution in [1.82, 2.24) is 0 Å². The Morgan fingerprint density at radius 1 is 0.871 bits per heavy atom. The first-order valence-electron chi connectivity index (χ1n) is 9.44. The number of carbonyl (C=O) groups excluding carboxylic acids is 4. The molecule has 0 aromatic heterocycles. The third-order valence-corrected chi connectivity index (χ3v) is 5.92. The molecule has 0 radical (unpaired) electrons. The lowest BCUT2D eigenvalue weighted by atomic mass is 9.56. The molecule has 2 rings (SSSR count). The van der Waals surface area contributed by atoms with Crippen LogP contribution in [0.4, 0.5) is 0 Å². The second kappa shape index (κ2) is 7.97. The van der Waals surface area contributed by atoms with Crippen LogP contribution in [-0.2, 0) is 30.3 Å². The molecule has 0 aliphatic carbocycles. The zero-order chi connectivity index (χ0) is 24.0. The van der Waals surface area contributed by atoms with Crippen molar-refractivity contribution in [3.05, 3.63) is 35.9 Å². The summed E-state index contributed by atoms with van der Waals surface area (Å²) in [6, 6.07) is 7.66. The van der Waals surface area contributed by atoms with E-state index in [4.69, 9.17) is 4.74 Å². The number of aliphatic hydroxyl groups excluding tert-OH is 1. The summed E-state index contributed by atoms with van der Waals surface area (Å²) in [5.41, 5.74) is -10.0. The predicted molar refractivity (Wildman–Crippen MR) is 104 cm³/mol. The van der Waals surface area contributed by atoms with E-state index < -0.39 is 64.4 Å². The molecule has 1 saturated heterocycles. The number of benzene rings is 1. The fourth-order valence-corrected chi connectivity index (χ4v) is 4.20. The minimum Gasteiger partial charge on any atom is -0.383 e. The van der Waals surface area contributed by atoms with E-state index in [0.717, 1.165) is 6.92 Å². The first-order valence-corrected chi connectivity index (χ1v) is 9.44. The number of aliphatic hydroxyl groups is 5. The number of Topliss-reactive ketones (excluding diaryl/α,β-unsaturated/α-hetero) is 4. The Kier molecular flexibility index (Phi) is 6.41. The molecule has 1 fully saturated rings. The number of carbonyl (C=O) groups is 4.